The molecule has 0 fully saturated rings. The van der Waals surface area contributed by atoms with Crippen LogP contribution < -0.4 is 10.6 Å². The van der Waals surface area contributed by atoms with Crippen molar-refractivity contribution in [3.05, 3.63) is 17.5 Å². The summed E-state index contributed by atoms with van der Waals surface area (Å²) in [6, 6.07) is 2.02. The van der Waals surface area contributed by atoms with Crippen LogP contribution in [0.15, 0.2) is 10.6 Å². The van der Waals surface area contributed by atoms with Gasteiger partial charge in [0.2, 0.25) is 0 Å². The zero-order chi connectivity index (χ0) is 14.5. The molecule has 2 unspecified atom stereocenters. The van der Waals surface area contributed by atoms with Gasteiger partial charge in [-0.1, -0.05) is 25.9 Å². The predicted molar refractivity (Wildman–Crippen MR) is 75.1 cm³/mol. The van der Waals surface area contributed by atoms with E-state index in [4.69, 9.17) is 4.52 Å². The molecule has 1 amide bonds. The smallest absolute Gasteiger partial charge is 0.273 e. The molecule has 0 aliphatic carbocycles. The number of aryl methyl sites for hydroxylation is 1. The highest BCUT2D eigenvalue weighted by Gasteiger charge is 2.29. The number of carbonyl (C=O) groups is 1. The standard InChI is InChI=1S/C14H25N3O2/c1-6-11-8-12(17-19-11)13(18)16-9-14(4,7-2)10(3)15-5/h8,10,15H,6-7,9H2,1-5H3,(H,16,18). The average Bonchev–Trinajstić information content (AvgIpc) is 2.92. The molecule has 5 nitrogen and oxygen atoms in total. The molecule has 0 radical (unpaired) electrons. The second-order valence-electron chi connectivity index (χ2n) is 5.23. The van der Waals surface area contributed by atoms with Crippen LogP contribution in [0.1, 0.15) is 50.4 Å². The lowest BCUT2D eigenvalue weighted by Crippen LogP contribution is -2.47. The average molecular weight is 267 g/mol. The molecule has 0 spiro atoms. The number of rotatable bonds is 7. The Kier molecular flexibility index (Phi) is 5.54. The van der Waals surface area contributed by atoms with Crippen LogP contribution >= 0.6 is 0 Å². The van der Waals surface area contributed by atoms with Crippen molar-refractivity contribution in [2.24, 2.45) is 5.41 Å². The van der Waals surface area contributed by atoms with Gasteiger partial charge in [0.25, 0.3) is 5.91 Å². The van der Waals surface area contributed by atoms with Gasteiger partial charge in [-0.15, -0.1) is 0 Å². The quantitative estimate of drug-likeness (QED) is 0.793. The Morgan fingerprint density at radius 2 is 2.21 bits per heavy atom. The molecule has 1 aromatic rings. The molecule has 108 valence electrons. The zero-order valence-corrected chi connectivity index (χ0v) is 12.5. The predicted octanol–water partition coefficient (Wildman–Crippen LogP) is 1.99. The fourth-order valence-corrected chi connectivity index (χ4v) is 1.89. The van der Waals surface area contributed by atoms with Crippen LogP contribution in [-0.2, 0) is 6.42 Å². The van der Waals surface area contributed by atoms with Crippen molar-refractivity contribution in [1.29, 1.82) is 0 Å². The fraction of sp³-hybridized carbons (Fsp3) is 0.714. The normalized spacial score (nSPS) is 15.8. The summed E-state index contributed by atoms with van der Waals surface area (Å²) in [7, 11) is 1.94. The van der Waals surface area contributed by atoms with Crippen LogP contribution in [0.4, 0.5) is 0 Å². The van der Waals surface area contributed by atoms with Gasteiger partial charge in [0.1, 0.15) is 5.76 Å². The molecule has 5 heteroatoms. The molecular formula is C14H25N3O2. The number of nitrogens with one attached hydrogen (secondary N) is 2. The molecule has 19 heavy (non-hydrogen) atoms. The van der Waals surface area contributed by atoms with E-state index in [0.717, 1.165) is 18.6 Å². The van der Waals surface area contributed by atoms with E-state index in [1.807, 2.05) is 14.0 Å². The molecule has 2 N–H and O–H groups in total. The third-order valence-electron chi connectivity index (χ3n) is 4.08. The number of hydrogen-bond donors (Lipinski definition) is 2. The Balaban J connectivity index is 2.62. The molecule has 0 aliphatic rings. The van der Waals surface area contributed by atoms with Crippen LogP contribution in [0, 0.1) is 5.41 Å². The molecule has 1 aromatic heterocycles. The van der Waals surface area contributed by atoms with Gasteiger partial charge in [0.05, 0.1) is 0 Å². The maximum atomic E-state index is 12.0. The first-order valence-electron chi connectivity index (χ1n) is 6.87. The van der Waals surface area contributed by atoms with Crippen molar-refractivity contribution in [2.45, 2.75) is 46.6 Å². The Hall–Kier alpha value is -1.36. The van der Waals surface area contributed by atoms with Crippen LogP contribution in [-0.4, -0.2) is 30.7 Å². The lowest BCUT2D eigenvalue weighted by atomic mass is 9.80. The van der Waals surface area contributed by atoms with Crippen molar-refractivity contribution in [2.75, 3.05) is 13.6 Å². The summed E-state index contributed by atoms with van der Waals surface area (Å²) in [5.41, 5.74) is 0.370. The van der Waals surface area contributed by atoms with E-state index in [9.17, 15) is 4.79 Å². The molecule has 2 atom stereocenters. The van der Waals surface area contributed by atoms with Gasteiger partial charge in [-0.25, -0.2) is 0 Å². The number of amides is 1. The summed E-state index contributed by atoms with van der Waals surface area (Å²) in [5, 5.41) is 9.97. The third-order valence-corrected chi connectivity index (χ3v) is 4.08. The molecule has 0 aliphatic heterocycles. The van der Waals surface area contributed by atoms with E-state index in [1.54, 1.807) is 6.07 Å². The van der Waals surface area contributed by atoms with E-state index in [2.05, 4.69) is 36.6 Å². The zero-order valence-electron chi connectivity index (χ0n) is 12.5. The number of hydrogen-bond acceptors (Lipinski definition) is 4. The van der Waals surface area contributed by atoms with Gasteiger partial charge in [-0.2, -0.15) is 0 Å². The van der Waals surface area contributed by atoms with Gasteiger partial charge >= 0.3 is 0 Å². The van der Waals surface area contributed by atoms with Crippen molar-refractivity contribution >= 4 is 5.91 Å². The molecule has 1 rings (SSSR count). The minimum atomic E-state index is -0.175. The van der Waals surface area contributed by atoms with Gasteiger partial charge in [-0.3, -0.25) is 4.79 Å². The fourth-order valence-electron chi connectivity index (χ4n) is 1.89. The molecule has 1 heterocycles. The third kappa shape index (κ3) is 3.80. The molecule has 0 saturated heterocycles. The maximum Gasteiger partial charge on any atom is 0.273 e. The molecule has 0 bridgehead atoms. The Bertz CT molecular complexity index is 417. The van der Waals surface area contributed by atoms with Crippen LogP contribution in [0.2, 0.25) is 0 Å². The number of carbonyl (C=O) groups excluding carboxylic acids is 1. The van der Waals surface area contributed by atoms with Gasteiger partial charge in [0, 0.05) is 25.1 Å². The summed E-state index contributed by atoms with van der Waals surface area (Å²) < 4.78 is 5.04. The van der Waals surface area contributed by atoms with Crippen molar-refractivity contribution in [1.82, 2.24) is 15.8 Å². The van der Waals surface area contributed by atoms with Crippen molar-refractivity contribution in [3.63, 3.8) is 0 Å². The molecule has 0 aromatic carbocycles. The van der Waals surface area contributed by atoms with E-state index < -0.39 is 0 Å². The summed E-state index contributed by atoms with van der Waals surface area (Å²) in [6.45, 7) is 8.99. The summed E-state index contributed by atoms with van der Waals surface area (Å²) in [4.78, 5) is 12.0. The van der Waals surface area contributed by atoms with Gasteiger partial charge < -0.3 is 15.2 Å². The molecule has 0 saturated carbocycles. The lowest BCUT2D eigenvalue weighted by Gasteiger charge is -2.34. The van der Waals surface area contributed by atoms with Crippen LogP contribution in [0.25, 0.3) is 0 Å². The first kappa shape index (κ1) is 15.7. The molecular weight excluding hydrogens is 242 g/mol. The highest BCUT2D eigenvalue weighted by atomic mass is 16.5. The largest absolute Gasteiger partial charge is 0.361 e. The van der Waals surface area contributed by atoms with E-state index in [-0.39, 0.29) is 11.3 Å². The Labute approximate surface area is 115 Å². The second-order valence-corrected chi connectivity index (χ2v) is 5.23. The SMILES string of the molecule is CCc1cc(C(=O)NCC(C)(CC)C(C)NC)no1. The summed E-state index contributed by atoms with van der Waals surface area (Å²) in [6.07, 6.45) is 1.72. The van der Waals surface area contributed by atoms with E-state index in [0.29, 0.717) is 18.3 Å². The van der Waals surface area contributed by atoms with Gasteiger partial charge in [-0.05, 0) is 25.8 Å². The van der Waals surface area contributed by atoms with Crippen molar-refractivity contribution in [3.8, 4) is 0 Å². The van der Waals surface area contributed by atoms with E-state index >= 15 is 0 Å². The van der Waals surface area contributed by atoms with Crippen LogP contribution in [0.3, 0.4) is 0 Å². The highest BCUT2D eigenvalue weighted by molar-refractivity contribution is 5.92. The summed E-state index contributed by atoms with van der Waals surface area (Å²) >= 11 is 0. The highest BCUT2D eigenvalue weighted by Crippen LogP contribution is 2.24. The Morgan fingerprint density at radius 3 is 2.68 bits per heavy atom. The van der Waals surface area contributed by atoms with Gasteiger partial charge in [0.15, 0.2) is 5.69 Å². The topological polar surface area (TPSA) is 67.2 Å². The lowest BCUT2D eigenvalue weighted by molar-refractivity contribution is 0.0912. The first-order valence-corrected chi connectivity index (χ1v) is 6.87. The minimum Gasteiger partial charge on any atom is -0.361 e. The number of nitrogens with zero attached hydrogens (tertiary/aromatic N) is 1. The van der Waals surface area contributed by atoms with Crippen LogP contribution in [0.5, 0.6) is 0 Å². The monoisotopic (exact) mass is 267 g/mol. The van der Waals surface area contributed by atoms with Crippen molar-refractivity contribution < 1.29 is 9.32 Å². The second kappa shape index (κ2) is 6.70. The summed E-state index contributed by atoms with van der Waals surface area (Å²) in [5.74, 6) is 0.554. The Morgan fingerprint density at radius 1 is 1.53 bits per heavy atom. The maximum absolute atomic E-state index is 12.0. The van der Waals surface area contributed by atoms with E-state index in [1.165, 1.54) is 0 Å². The minimum absolute atomic E-state index is 0.0156. The number of aromatic nitrogens is 1. The first-order chi connectivity index (χ1) is 8.96.